The van der Waals surface area contributed by atoms with Crippen molar-refractivity contribution in [1.29, 1.82) is 0 Å². The second-order valence-corrected chi connectivity index (χ2v) is 10.8. The average Bonchev–Trinajstić information content (AvgIpc) is 3.55. The second-order valence-electron chi connectivity index (χ2n) is 10.8. The number of benzene rings is 3. The Morgan fingerprint density at radius 3 is 2.39 bits per heavy atom. The summed E-state index contributed by atoms with van der Waals surface area (Å²) in [5, 5.41) is 24.2. The normalized spacial score (nSPS) is 16.8. The van der Waals surface area contributed by atoms with Crippen LogP contribution in [0, 0.1) is 10.1 Å². The molecule has 5 aromatic rings. The van der Waals surface area contributed by atoms with Gasteiger partial charge in [0.1, 0.15) is 0 Å². The van der Waals surface area contributed by atoms with E-state index in [9.17, 15) is 28.4 Å². The molecule has 1 aliphatic rings. The van der Waals surface area contributed by atoms with Crippen molar-refractivity contribution in [1.82, 2.24) is 14.5 Å². The number of likely N-dealkylation sites (tertiary alicyclic amines) is 1. The largest absolute Gasteiger partial charge is 0.422 e. The number of aliphatic hydroxyl groups is 1. The van der Waals surface area contributed by atoms with Gasteiger partial charge in [0, 0.05) is 59.5 Å². The van der Waals surface area contributed by atoms with Crippen LogP contribution in [-0.4, -0.2) is 50.3 Å². The van der Waals surface area contributed by atoms with Gasteiger partial charge in [0.25, 0.3) is 5.69 Å². The van der Waals surface area contributed by atoms with Gasteiger partial charge in [0.05, 0.1) is 10.4 Å². The Balaban J connectivity index is 1.32. The topological polar surface area (TPSA) is 87.3 Å². The van der Waals surface area contributed by atoms with E-state index in [1.54, 1.807) is 9.47 Å². The summed E-state index contributed by atoms with van der Waals surface area (Å²) >= 11 is 0. The molecule has 0 radical (unpaired) electrons. The number of piperidine rings is 1. The number of nitrogens with one attached hydrogen (secondary N) is 1. The lowest BCUT2D eigenvalue weighted by atomic mass is 9.87. The van der Waals surface area contributed by atoms with Crippen LogP contribution in [0.5, 0.6) is 0 Å². The third kappa shape index (κ3) is 4.98. The lowest BCUT2D eigenvalue weighted by Crippen LogP contribution is -2.52. The number of halogens is 3. The highest BCUT2D eigenvalue weighted by molar-refractivity contribution is 5.87. The SMILES string of the molecule is O=[N+]([O-])c1ccc2c(C(O)(CN3CCC(c4c[nH]c5ccccc45)CC3)C(F)(F)F)cn(Cc3ccccc3)c2c1. The van der Waals surface area contributed by atoms with Gasteiger partial charge in [-0.1, -0.05) is 48.5 Å². The van der Waals surface area contributed by atoms with Crippen LogP contribution in [0.15, 0.2) is 85.2 Å². The monoisotopic (exact) mass is 562 g/mol. The number of hydrogen-bond acceptors (Lipinski definition) is 4. The van der Waals surface area contributed by atoms with Gasteiger partial charge in [-0.05, 0) is 55.1 Å². The highest BCUT2D eigenvalue weighted by Crippen LogP contribution is 2.45. The lowest BCUT2D eigenvalue weighted by Gasteiger charge is -2.39. The second kappa shape index (κ2) is 10.4. The number of nitro benzene ring substituents is 1. The predicted molar refractivity (Wildman–Crippen MR) is 151 cm³/mol. The van der Waals surface area contributed by atoms with Crippen molar-refractivity contribution in [3.05, 3.63) is 112 Å². The molecular weight excluding hydrogens is 533 g/mol. The molecule has 1 saturated heterocycles. The van der Waals surface area contributed by atoms with Gasteiger partial charge >= 0.3 is 6.18 Å². The molecule has 3 aromatic carbocycles. The molecular formula is C31H29F3N4O3. The van der Waals surface area contributed by atoms with Gasteiger partial charge in [0.2, 0.25) is 5.60 Å². The first-order chi connectivity index (χ1) is 19.6. The summed E-state index contributed by atoms with van der Waals surface area (Å²) < 4.78 is 45.9. The molecule has 0 saturated carbocycles. The molecule has 212 valence electrons. The molecule has 2 aromatic heterocycles. The van der Waals surface area contributed by atoms with E-state index in [0.717, 1.165) is 22.0 Å². The number of alkyl halides is 3. The van der Waals surface area contributed by atoms with Crippen molar-refractivity contribution in [3.8, 4) is 0 Å². The molecule has 0 aliphatic carbocycles. The van der Waals surface area contributed by atoms with Crippen molar-refractivity contribution in [3.63, 3.8) is 0 Å². The Kier molecular flexibility index (Phi) is 6.83. The van der Waals surface area contributed by atoms with Crippen molar-refractivity contribution >= 4 is 27.5 Å². The summed E-state index contributed by atoms with van der Waals surface area (Å²) in [6.45, 7) is 0.369. The maximum absolute atomic E-state index is 14.8. The summed E-state index contributed by atoms with van der Waals surface area (Å²) in [6, 6.07) is 20.9. The summed E-state index contributed by atoms with van der Waals surface area (Å²) in [6.07, 6.45) is -0.366. The van der Waals surface area contributed by atoms with Crippen molar-refractivity contribution in [2.45, 2.75) is 37.1 Å². The summed E-state index contributed by atoms with van der Waals surface area (Å²) in [7, 11) is 0. The molecule has 7 nitrogen and oxygen atoms in total. The predicted octanol–water partition coefficient (Wildman–Crippen LogP) is 6.71. The fraction of sp³-hybridized carbons (Fsp3) is 0.290. The van der Waals surface area contributed by atoms with Crippen LogP contribution in [0.25, 0.3) is 21.8 Å². The van der Waals surface area contributed by atoms with Crippen LogP contribution in [0.4, 0.5) is 18.9 Å². The van der Waals surface area contributed by atoms with E-state index in [-0.39, 0.29) is 34.6 Å². The molecule has 0 bridgehead atoms. The molecule has 0 spiro atoms. The molecule has 3 heterocycles. The van der Waals surface area contributed by atoms with Gasteiger partial charge in [-0.15, -0.1) is 0 Å². The fourth-order valence-electron chi connectivity index (χ4n) is 6.12. The van der Waals surface area contributed by atoms with Crippen molar-refractivity contribution in [2.75, 3.05) is 19.6 Å². The summed E-state index contributed by atoms with van der Waals surface area (Å²) in [5.74, 6) is 0.203. The van der Waals surface area contributed by atoms with E-state index in [2.05, 4.69) is 4.98 Å². The minimum atomic E-state index is -4.98. The summed E-state index contributed by atoms with van der Waals surface area (Å²) in [5.41, 5.74) is -0.427. The van der Waals surface area contributed by atoms with Gasteiger partial charge in [-0.2, -0.15) is 13.2 Å². The van der Waals surface area contributed by atoms with E-state index in [1.165, 1.54) is 24.4 Å². The third-order valence-corrected chi connectivity index (χ3v) is 8.29. The zero-order valence-electron chi connectivity index (χ0n) is 22.1. The lowest BCUT2D eigenvalue weighted by molar-refractivity contribution is -0.384. The molecule has 10 heteroatoms. The maximum Gasteiger partial charge on any atom is 0.422 e. The van der Waals surface area contributed by atoms with E-state index >= 15 is 0 Å². The molecule has 1 fully saturated rings. The molecule has 6 rings (SSSR count). The number of nitrogens with zero attached hydrogens (tertiary/aromatic N) is 3. The number of fused-ring (bicyclic) bond motifs is 2. The number of para-hydroxylation sites is 1. The van der Waals surface area contributed by atoms with Gasteiger partial charge < -0.3 is 14.7 Å². The van der Waals surface area contributed by atoms with E-state index in [1.807, 2.05) is 60.8 Å². The Bertz CT molecular complexity index is 1700. The Labute approximate surface area is 234 Å². The van der Waals surface area contributed by atoms with Crippen LogP contribution in [-0.2, 0) is 12.1 Å². The third-order valence-electron chi connectivity index (χ3n) is 8.29. The minimum Gasteiger partial charge on any atom is -0.375 e. The smallest absolute Gasteiger partial charge is 0.375 e. The molecule has 41 heavy (non-hydrogen) atoms. The van der Waals surface area contributed by atoms with Gasteiger partial charge in [-0.25, -0.2) is 0 Å². The molecule has 0 amide bonds. The van der Waals surface area contributed by atoms with Crippen molar-refractivity contribution < 1.29 is 23.2 Å². The number of hydrogen-bond donors (Lipinski definition) is 2. The number of nitro groups is 1. The number of rotatable bonds is 7. The fourth-order valence-corrected chi connectivity index (χ4v) is 6.12. The quantitative estimate of drug-likeness (QED) is 0.171. The van der Waals surface area contributed by atoms with Crippen molar-refractivity contribution in [2.24, 2.45) is 0 Å². The number of aromatic nitrogens is 2. The van der Waals surface area contributed by atoms with Crippen LogP contribution in [0.2, 0.25) is 0 Å². The number of non-ortho nitro benzene ring substituents is 1. The van der Waals surface area contributed by atoms with Crippen LogP contribution >= 0.6 is 0 Å². The number of H-pyrrole nitrogens is 1. The zero-order chi connectivity index (χ0) is 28.8. The molecule has 1 unspecified atom stereocenters. The van der Waals surface area contributed by atoms with Crippen LogP contribution in [0.3, 0.4) is 0 Å². The Morgan fingerprint density at radius 1 is 0.976 bits per heavy atom. The van der Waals surface area contributed by atoms with E-state index in [0.29, 0.717) is 25.9 Å². The highest BCUT2D eigenvalue weighted by Gasteiger charge is 2.57. The first kappa shape index (κ1) is 27.0. The van der Waals surface area contributed by atoms with Crippen LogP contribution < -0.4 is 0 Å². The van der Waals surface area contributed by atoms with Crippen LogP contribution in [0.1, 0.15) is 35.4 Å². The van der Waals surface area contributed by atoms with E-state index in [4.69, 9.17) is 0 Å². The number of aromatic amines is 1. The zero-order valence-corrected chi connectivity index (χ0v) is 22.1. The standard InChI is InChI=1S/C31H29F3N4O3/c32-31(33,34)30(39,20-36-14-12-22(13-15-36)26-17-35-28-9-5-4-8-24(26)28)27-19-37(18-21-6-2-1-3-7-21)29-16-23(38(40)41)10-11-25(27)29/h1-11,16-17,19,22,35,39H,12-15,18,20H2. The van der Waals surface area contributed by atoms with E-state index < -0.39 is 23.2 Å². The molecule has 2 N–H and O–H groups in total. The first-order valence-corrected chi connectivity index (χ1v) is 13.5. The maximum atomic E-state index is 14.8. The average molecular weight is 563 g/mol. The molecule has 1 aliphatic heterocycles. The van der Waals surface area contributed by atoms with Gasteiger partial charge in [-0.3, -0.25) is 15.0 Å². The first-order valence-electron chi connectivity index (χ1n) is 13.5. The Hall–Kier alpha value is -4.15. The Morgan fingerprint density at radius 2 is 1.68 bits per heavy atom. The number of β-amino-alcohol motifs (C(OH)–C–C–N with tert-alkyl or cyclic N) is 1. The summed E-state index contributed by atoms with van der Waals surface area (Å²) in [4.78, 5) is 15.9. The van der Waals surface area contributed by atoms with Gasteiger partial charge in [0.15, 0.2) is 0 Å². The minimum absolute atomic E-state index is 0.139. The molecule has 1 atom stereocenters. The highest BCUT2D eigenvalue weighted by atomic mass is 19.4.